The zero-order valence-corrected chi connectivity index (χ0v) is 25.5. The number of hydrogen-bond acceptors (Lipinski definition) is 6. The van der Waals surface area contributed by atoms with Gasteiger partial charge in [-0.15, -0.1) is 0 Å². The molecule has 4 rings (SSSR count). The van der Waals surface area contributed by atoms with Crippen LogP contribution < -0.4 is 4.74 Å². The van der Waals surface area contributed by atoms with Crippen LogP contribution in [0, 0.1) is 0 Å². The summed E-state index contributed by atoms with van der Waals surface area (Å²) in [6.45, 7) is 19.8. The number of carbonyl (C=O) groups excluding carboxylic acids is 1. The van der Waals surface area contributed by atoms with Crippen molar-refractivity contribution in [3.63, 3.8) is 0 Å². The molecule has 0 aliphatic carbocycles. The lowest BCUT2D eigenvalue weighted by Gasteiger charge is -2.31. The van der Waals surface area contributed by atoms with Crippen LogP contribution in [0.3, 0.4) is 0 Å². The lowest BCUT2D eigenvalue weighted by Crippen LogP contribution is -2.39. The molecule has 1 aliphatic rings. The second kappa shape index (κ2) is 10.8. The molecule has 2 heterocycles. The zero-order valence-electron chi connectivity index (χ0n) is 25.5. The van der Waals surface area contributed by atoms with Gasteiger partial charge in [0.15, 0.2) is 0 Å². The number of aromatic hydroxyl groups is 1. The number of phenolic OH excluding ortho intramolecular Hbond substituents is 1. The van der Waals surface area contributed by atoms with Crippen LogP contribution in [0.1, 0.15) is 90.3 Å². The number of hydrogen-bond donors (Lipinski definition) is 1. The third kappa shape index (κ3) is 6.98. The number of amides is 1. The van der Waals surface area contributed by atoms with Gasteiger partial charge < -0.3 is 23.9 Å². The van der Waals surface area contributed by atoms with E-state index in [0.717, 1.165) is 40.1 Å². The van der Waals surface area contributed by atoms with E-state index >= 15 is 0 Å². The Labute approximate surface area is 238 Å². The molecule has 0 saturated carbocycles. The number of carbonyl (C=O) groups is 1. The van der Waals surface area contributed by atoms with E-state index < -0.39 is 5.60 Å². The van der Waals surface area contributed by atoms with Gasteiger partial charge in [0.1, 0.15) is 23.4 Å². The number of rotatable bonds is 5. The topological polar surface area (TPSA) is 85.0 Å². The number of aromatic nitrogens is 1. The fourth-order valence-electron chi connectivity index (χ4n) is 4.83. The van der Waals surface area contributed by atoms with Crippen LogP contribution >= 0.6 is 0 Å². The molecule has 0 atom stereocenters. The van der Waals surface area contributed by atoms with Gasteiger partial charge in [0, 0.05) is 36.2 Å². The average Bonchev–Trinajstić information content (AvgIpc) is 3.30. The van der Waals surface area contributed by atoms with Crippen molar-refractivity contribution in [3.05, 3.63) is 64.5 Å². The Hall–Kier alpha value is -3.48. The van der Waals surface area contributed by atoms with Crippen molar-refractivity contribution in [3.8, 4) is 23.0 Å². The van der Waals surface area contributed by atoms with Crippen molar-refractivity contribution in [2.45, 2.75) is 98.1 Å². The van der Waals surface area contributed by atoms with E-state index in [1.165, 1.54) is 5.56 Å². The van der Waals surface area contributed by atoms with Gasteiger partial charge in [-0.2, -0.15) is 0 Å². The highest BCUT2D eigenvalue weighted by Crippen LogP contribution is 2.41. The first-order chi connectivity index (χ1) is 18.5. The van der Waals surface area contributed by atoms with Crippen LogP contribution in [0.25, 0.3) is 11.5 Å². The maximum absolute atomic E-state index is 12.4. The number of nitrogens with zero attached hydrogens (tertiary/aromatic N) is 2. The first-order valence-electron chi connectivity index (χ1n) is 14.1. The van der Waals surface area contributed by atoms with E-state index in [2.05, 4.69) is 47.6 Å². The summed E-state index contributed by atoms with van der Waals surface area (Å²) in [7, 11) is 0. The minimum absolute atomic E-state index is 0.230. The van der Waals surface area contributed by atoms with E-state index in [4.69, 9.17) is 18.9 Å². The molecule has 40 heavy (non-hydrogen) atoms. The molecule has 0 unspecified atom stereocenters. The molecule has 0 fully saturated rings. The Morgan fingerprint density at radius 2 is 1.62 bits per heavy atom. The average molecular weight is 549 g/mol. The monoisotopic (exact) mass is 548 g/mol. The Morgan fingerprint density at radius 3 is 2.23 bits per heavy atom. The molecule has 3 aromatic rings. The molecule has 216 valence electrons. The maximum Gasteiger partial charge on any atom is 0.410 e. The van der Waals surface area contributed by atoms with Gasteiger partial charge in [-0.3, -0.25) is 0 Å². The van der Waals surface area contributed by atoms with Crippen molar-refractivity contribution in [1.29, 1.82) is 0 Å². The van der Waals surface area contributed by atoms with Crippen molar-refractivity contribution in [1.82, 2.24) is 9.88 Å². The fraction of sp³-hybridized carbons (Fsp3) is 0.515. The smallest absolute Gasteiger partial charge is 0.410 e. The minimum Gasteiger partial charge on any atom is -0.507 e. The van der Waals surface area contributed by atoms with Crippen LogP contribution in [0.2, 0.25) is 0 Å². The van der Waals surface area contributed by atoms with E-state index in [1.54, 1.807) is 11.2 Å². The number of fused-ring (bicyclic) bond motifs is 1. The van der Waals surface area contributed by atoms with Gasteiger partial charge in [-0.25, -0.2) is 9.78 Å². The Bertz CT molecular complexity index is 1330. The summed E-state index contributed by atoms with van der Waals surface area (Å²) in [6.07, 6.45) is 2.76. The standard InChI is InChI=1S/C33H44N2O5/c1-31(2,3)26-17-23(18-27(28(26)36)32(4,5)6)29-34-24(20-39-29)13-15-38-25-11-10-22-19-35(14-12-21(22)16-25)30(37)40-33(7,8)9/h10-11,16-18,20,36H,12-15,19H2,1-9H3. The molecule has 1 amide bonds. The molecule has 0 bridgehead atoms. The molecule has 7 heteroatoms. The quantitative estimate of drug-likeness (QED) is 0.354. The summed E-state index contributed by atoms with van der Waals surface area (Å²) in [5.74, 6) is 1.68. The van der Waals surface area contributed by atoms with E-state index in [9.17, 15) is 9.90 Å². The van der Waals surface area contributed by atoms with Gasteiger partial charge in [0.25, 0.3) is 0 Å². The highest BCUT2D eigenvalue weighted by Gasteiger charge is 2.28. The van der Waals surface area contributed by atoms with Crippen LogP contribution in [-0.4, -0.2) is 39.8 Å². The largest absolute Gasteiger partial charge is 0.507 e. The van der Waals surface area contributed by atoms with Crippen molar-refractivity contribution in [2.75, 3.05) is 13.2 Å². The van der Waals surface area contributed by atoms with E-state index in [-0.39, 0.29) is 16.9 Å². The summed E-state index contributed by atoms with van der Waals surface area (Å²) in [5, 5.41) is 11.0. The van der Waals surface area contributed by atoms with Crippen molar-refractivity contribution < 1.29 is 23.8 Å². The highest BCUT2D eigenvalue weighted by atomic mass is 16.6. The highest BCUT2D eigenvalue weighted by molar-refractivity contribution is 5.68. The normalized spacial score (nSPS) is 14.2. The summed E-state index contributed by atoms with van der Waals surface area (Å²) in [5.41, 5.74) is 4.76. The minimum atomic E-state index is -0.505. The molecule has 1 aliphatic heterocycles. The molecular weight excluding hydrogens is 504 g/mol. The van der Waals surface area contributed by atoms with Gasteiger partial charge in [0.05, 0.1) is 12.3 Å². The summed E-state index contributed by atoms with van der Waals surface area (Å²) in [4.78, 5) is 18.9. The Kier molecular flexibility index (Phi) is 7.99. The van der Waals surface area contributed by atoms with Gasteiger partial charge in [0.2, 0.25) is 5.89 Å². The maximum atomic E-state index is 12.4. The second-order valence-corrected chi connectivity index (χ2v) is 13.7. The predicted molar refractivity (Wildman–Crippen MR) is 157 cm³/mol. The first kappa shape index (κ1) is 29.5. The third-order valence-electron chi connectivity index (χ3n) is 6.99. The second-order valence-electron chi connectivity index (χ2n) is 13.7. The molecule has 0 spiro atoms. The summed E-state index contributed by atoms with van der Waals surface area (Å²) in [6, 6.07) is 10.00. The zero-order chi connectivity index (χ0) is 29.5. The predicted octanol–water partition coefficient (Wildman–Crippen LogP) is 7.56. The molecule has 1 aromatic heterocycles. The van der Waals surface area contributed by atoms with Crippen LogP contribution in [0.4, 0.5) is 4.79 Å². The molecule has 7 nitrogen and oxygen atoms in total. The van der Waals surface area contributed by atoms with Crippen molar-refractivity contribution in [2.24, 2.45) is 0 Å². The van der Waals surface area contributed by atoms with Crippen LogP contribution in [-0.2, 0) is 35.0 Å². The van der Waals surface area contributed by atoms with Crippen LogP contribution in [0.5, 0.6) is 11.5 Å². The van der Waals surface area contributed by atoms with Gasteiger partial charge in [-0.05, 0) is 73.4 Å². The Morgan fingerprint density at radius 1 is 0.975 bits per heavy atom. The van der Waals surface area contributed by atoms with E-state index in [1.807, 2.05) is 45.0 Å². The van der Waals surface area contributed by atoms with E-state index in [0.29, 0.717) is 37.8 Å². The van der Waals surface area contributed by atoms with Crippen LogP contribution in [0.15, 0.2) is 41.0 Å². The SMILES string of the molecule is CC(C)(C)OC(=O)N1CCc2cc(OCCc3coc(-c4cc(C(C)(C)C)c(O)c(C(C)(C)C)c4)n3)ccc2C1. The first-order valence-corrected chi connectivity index (χ1v) is 14.1. The fourth-order valence-corrected chi connectivity index (χ4v) is 4.83. The van der Waals surface area contributed by atoms with Gasteiger partial charge >= 0.3 is 6.09 Å². The van der Waals surface area contributed by atoms with Gasteiger partial charge in [-0.1, -0.05) is 47.6 Å². The number of phenols is 1. The van der Waals surface area contributed by atoms with Crippen molar-refractivity contribution >= 4 is 6.09 Å². The molecular formula is C33H44N2O5. The third-order valence-corrected chi connectivity index (χ3v) is 6.99. The lowest BCUT2D eigenvalue weighted by molar-refractivity contribution is 0.0224. The molecule has 1 N–H and O–H groups in total. The summed E-state index contributed by atoms with van der Waals surface area (Å²) >= 11 is 0. The molecule has 0 radical (unpaired) electrons. The summed E-state index contributed by atoms with van der Waals surface area (Å²) < 4.78 is 17.5. The number of ether oxygens (including phenoxy) is 2. The number of benzene rings is 2. The lowest BCUT2D eigenvalue weighted by atomic mass is 9.78. The molecule has 2 aromatic carbocycles. The molecule has 0 saturated heterocycles. The number of oxazole rings is 1. The Balaban J connectivity index is 1.40.